The Morgan fingerprint density at radius 1 is 1.18 bits per heavy atom. The number of hydrogen-bond donors (Lipinski definition) is 1. The molecule has 7 nitrogen and oxygen atoms in total. The number of hydrogen-bond acceptors (Lipinski definition) is 7. The lowest BCUT2D eigenvalue weighted by molar-refractivity contribution is -0.150. The van der Waals surface area contributed by atoms with Gasteiger partial charge in [-0.3, -0.25) is 0 Å². The van der Waals surface area contributed by atoms with Crippen molar-refractivity contribution in [3.63, 3.8) is 0 Å². The minimum absolute atomic E-state index is 0.347. The van der Waals surface area contributed by atoms with Gasteiger partial charge < -0.3 is 19.5 Å². The summed E-state index contributed by atoms with van der Waals surface area (Å²) < 4.78 is 13.3. The van der Waals surface area contributed by atoms with Crippen molar-refractivity contribution in [1.82, 2.24) is 5.32 Å². The highest BCUT2D eigenvalue weighted by molar-refractivity contribution is 6.04. The summed E-state index contributed by atoms with van der Waals surface area (Å²) >= 11 is 0. The smallest absolute Gasteiger partial charge is 0.338 e. The van der Waals surface area contributed by atoms with Gasteiger partial charge in [0, 0.05) is 30.8 Å². The number of rotatable bonds is 2. The number of carbonyl (C=O) groups excluding carboxylic acids is 3. The summed E-state index contributed by atoms with van der Waals surface area (Å²) in [5, 5.41) is 3.16. The first-order valence-electron chi connectivity index (χ1n) is 9.35. The third-order valence-electron chi connectivity index (χ3n) is 2.96. The summed E-state index contributed by atoms with van der Waals surface area (Å²) in [6.45, 7) is 20.2. The monoisotopic (exact) mass is 399 g/mol. The summed E-state index contributed by atoms with van der Waals surface area (Å²) in [6, 6.07) is 0. The number of ether oxygens (including phenoxy) is 3. The Morgan fingerprint density at radius 2 is 1.64 bits per heavy atom. The molecule has 0 atom stereocenters. The van der Waals surface area contributed by atoms with E-state index in [9.17, 15) is 14.4 Å². The van der Waals surface area contributed by atoms with Gasteiger partial charge in [-0.2, -0.15) is 0 Å². The first-order chi connectivity index (χ1) is 12.9. The molecule has 0 aliphatic carbocycles. The van der Waals surface area contributed by atoms with Crippen LogP contribution in [0.25, 0.3) is 0 Å². The second kappa shape index (κ2) is 16.0. The van der Waals surface area contributed by atoms with Crippen molar-refractivity contribution in [2.75, 3.05) is 33.4 Å². The fourth-order valence-electron chi connectivity index (χ4n) is 2.22. The van der Waals surface area contributed by atoms with Crippen molar-refractivity contribution >= 4 is 17.9 Å². The fraction of sp³-hybridized carbons (Fsp3) is 0.667. The molecule has 1 fully saturated rings. The third-order valence-corrected chi connectivity index (χ3v) is 2.96. The van der Waals surface area contributed by atoms with Crippen LogP contribution >= 0.6 is 0 Å². The molecule has 162 valence electrons. The molecule has 0 bridgehead atoms. The molecule has 0 aromatic rings. The Hall–Kier alpha value is -1.99. The Balaban J connectivity index is 0. The predicted octanol–water partition coefficient (Wildman–Crippen LogP) is 3.05. The predicted molar refractivity (Wildman–Crippen MR) is 110 cm³/mol. The van der Waals surface area contributed by atoms with Crippen molar-refractivity contribution < 1.29 is 28.6 Å². The Kier molecular flexibility index (Phi) is 16.1. The SMILES string of the molecule is C1COCCN1.C=C(C)C(=O)OC.CC(C)CC(C)(C)C.O=C1C=CC(=O)O1. The van der Waals surface area contributed by atoms with Crippen LogP contribution in [0.15, 0.2) is 24.3 Å². The maximum absolute atomic E-state index is 10.2. The Labute approximate surface area is 169 Å². The van der Waals surface area contributed by atoms with E-state index in [-0.39, 0.29) is 5.97 Å². The van der Waals surface area contributed by atoms with Crippen LogP contribution in [0.5, 0.6) is 0 Å². The summed E-state index contributed by atoms with van der Waals surface area (Å²) in [6.07, 6.45) is 3.50. The number of esters is 3. The lowest BCUT2D eigenvalue weighted by atomic mass is 9.86. The Morgan fingerprint density at radius 3 is 1.71 bits per heavy atom. The number of nitrogens with one attached hydrogen (secondary N) is 1. The van der Waals surface area contributed by atoms with E-state index >= 15 is 0 Å². The fourth-order valence-corrected chi connectivity index (χ4v) is 2.22. The average molecular weight is 400 g/mol. The highest BCUT2D eigenvalue weighted by Gasteiger charge is 2.11. The molecule has 1 saturated heterocycles. The second-order valence-electron chi connectivity index (χ2n) is 7.87. The lowest BCUT2D eigenvalue weighted by Crippen LogP contribution is -2.30. The van der Waals surface area contributed by atoms with Crippen molar-refractivity contribution in [2.24, 2.45) is 11.3 Å². The number of methoxy groups -OCH3 is 1. The second-order valence-corrected chi connectivity index (χ2v) is 7.87. The van der Waals surface area contributed by atoms with E-state index < -0.39 is 11.9 Å². The van der Waals surface area contributed by atoms with E-state index in [2.05, 4.69) is 56.0 Å². The van der Waals surface area contributed by atoms with Crippen LogP contribution in [0, 0.1) is 11.3 Å². The van der Waals surface area contributed by atoms with E-state index in [1.165, 1.54) is 13.5 Å². The number of morpholine rings is 1. The van der Waals surface area contributed by atoms with Crippen molar-refractivity contribution in [2.45, 2.75) is 48.0 Å². The zero-order chi connectivity index (χ0) is 22.2. The zero-order valence-corrected chi connectivity index (χ0v) is 18.4. The van der Waals surface area contributed by atoms with Gasteiger partial charge in [-0.1, -0.05) is 41.2 Å². The van der Waals surface area contributed by atoms with Crippen LogP contribution in [0.3, 0.4) is 0 Å². The molecule has 2 aliphatic rings. The lowest BCUT2D eigenvalue weighted by Gasteiger charge is -2.19. The molecule has 0 saturated carbocycles. The van der Waals surface area contributed by atoms with Gasteiger partial charge in [-0.25, -0.2) is 14.4 Å². The molecule has 0 aromatic heterocycles. The molecular formula is C21H37NO6. The van der Waals surface area contributed by atoms with Crippen LogP contribution in [-0.4, -0.2) is 51.3 Å². The number of cyclic esters (lactones) is 2. The average Bonchev–Trinajstić information content (AvgIpc) is 2.98. The van der Waals surface area contributed by atoms with Gasteiger partial charge >= 0.3 is 17.9 Å². The largest absolute Gasteiger partial charge is 0.466 e. The van der Waals surface area contributed by atoms with Gasteiger partial charge in [0.1, 0.15) is 0 Å². The van der Waals surface area contributed by atoms with E-state index in [1.807, 2.05) is 0 Å². The topological polar surface area (TPSA) is 90.9 Å². The van der Waals surface area contributed by atoms with Gasteiger partial charge in [0.2, 0.25) is 0 Å². The van der Waals surface area contributed by atoms with E-state index in [1.54, 1.807) is 6.92 Å². The molecule has 7 heteroatoms. The van der Waals surface area contributed by atoms with Gasteiger partial charge in [0.05, 0.1) is 20.3 Å². The number of carbonyl (C=O) groups is 3. The van der Waals surface area contributed by atoms with E-state index in [4.69, 9.17) is 4.74 Å². The summed E-state index contributed by atoms with van der Waals surface area (Å²) in [7, 11) is 1.33. The molecule has 0 spiro atoms. The normalized spacial score (nSPS) is 15.1. The zero-order valence-electron chi connectivity index (χ0n) is 18.4. The molecule has 1 N–H and O–H groups in total. The molecule has 0 aromatic carbocycles. The van der Waals surface area contributed by atoms with Gasteiger partial charge in [-0.05, 0) is 24.7 Å². The molecule has 0 radical (unpaired) electrons. The van der Waals surface area contributed by atoms with Gasteiger partial charge in [-0.15, -0.1) is 0 Å². The molecular weight excluding hydrogens is 362 g/mol. The summed E-state index contributed by atoms with van der Waals surface area (Å²) in [5.74, 6) is -0.662. The first kappa shape index (κ1) is 28.2. The summed E-state index contributed by atoms with van der Waals surface area (Å²) in [5.41, 5.74) is 0.955. The minimum atomic E-state index is -0.579. The van der Waals surface area contributed by atoms with Crippen molar-refractivity contribution in [3.05, 3.63) is 24.3 Å². The molecule has 2 aliphatic heterocycles. The maximum Gasteiger partial charge on any atom is 0.338 e. The van der Waals surface area contributed by atoms with Crippen LogP contribution < -0.4 is 5.32 Å². The van der Waals surface area contributed by atoms with Crippen LogP contribution in [-0.2, 0) is 28.6 Å². The first-order valence-corrected chi connectivity index (χ1v) is 9.35. The van der Waals surface area contributed by atoms with Crippen molar-refractivity contribution in [3.8, 4) is 0 Å². The van der Waals surface area contributed by atoms with E-state index in [0.29, 0.717) is 11.0 Å². The third kappa shape index (κ3) is 22.1. The summed E-state index contributed by atoms with van der Waals surface area (Å²) in [4.78, 5) is 30.0. The Bertz CT molecular complexity index is 486. The highest BCUT2D eigenvalue weighted by Crippen LogP contribution is 2.23. The van der Waals surface area contributed by atoms with Crippen LogP contribution in [0.1, 0.15) is 48.0 Å². The van der Waals surface area contributed by atoms with Gasteiger partial charge in [0.25, 0.3) is 0 Å². The molecule has 28 heavy (non-hydrogen) atoms. The molecule has 0 unspecified atom stereocenters. The van der Waals surface area contributed by atoms with Crippen LogP contribution in [0.4, 0.5) is 0 Å². The maximum atomic E-state index is 10.2. The molecule has 0 amide bonds. The van der Waals surface area contributed by atoms with E-state index in [0.717, 1.165) is 44.4 Å². The van der Waals surface area contributed by atoms with Gasteiger partial charge in [0.15, 0.2) is 0 Å². The van der Waals surface area contributed by atoms with Crippen molar-refractivity contribution in [1.29, 1.82) is 0 Å². The molecule has 2 heterocycles. The minimum Gasteiger partial charge on any atom is -0.466 e. The van der Waals surface area contributed by atoms with Crippen LogP contribution in [0.2, 0.25) is 0 Å². The molecule has 2 rings (SSSR count). The quantitative estimate of drug-likeness (QED) is 0.433. The highest BCUT2D eigenvalue weighted by atomic mass is 16.6. The standard InChI is InChI=1S/C8H18.C5H8O2.C4H9NO.C4H2O3/c1-7(2)6-8(3,4)5;1-4(2)5(6)7-3;1-3-6-4-2-5-1;5-3-1-2-4(6)7-3/h7H,6H2,1-5H3;1H2,2-3H3;5H,1-4H2;1-2H.